The van der Waals surface area contributed by atoms with Crippen LogP contribution in [0.5, 0.6) is 5.88 Å². The van der Waals surface area contributed by atoms with E-state index in [1.807, 2.05) is 41.2 Å². The molecule has 0 radical (unpaired) electrons. The highest BCUT2D eigenvalue weighted by Gasteiger charge is 2.09. The molecule has 0 unspecified atom stereocenters. The van der Waals surface area contributed by atoms with Crippen molar-refractivity contribution < 1.29 is 5.11 Å². The lowest BCUT2D eigenvalue weighted by Gasteiger charge is -2.17. The summed E-state index contributed by atoms with van der Waals surface area (Å²) in [6, 6.07) is 9.84. The number of hydrogen-bond donors (Lipinski definition) is 1. The predicted molar refractivity (Wildman–Crippen MR) is 77.1 cm³/mol. The maximum Gasteiger partial charge on any atom is 0.238 e. The van der Waals surface area contributed by atoms with E-state index in [-0.39, 0.29) is 5.88 Å². The number of nitrogens with zero attached hydrogens (tertiary/aromatic N) is 3. The minimum atomic E-state index is 0.103. The normalized spacial score (nSPS) is 11.1. The van der Waals surface area contributed by atoms with Crippen LogP contribution in [0.2, 0.25) is 0 Å². The smallest absolute Gasteiger partial charge is 0.238 e. The van der Waals surface area contributed by atoms with Gasteiger partial charge in [0.2, 0.25) is 5.88 Å². The SMILES string of the molecule is CCN(CC)CCn1cc(-c2ccccc2)c(O)n1. The zero-order valence-electron chi connectivity index (χ0n) is 11.6. The van der Waals surface area contributed by atoms with E-state index in [1.165, 1.54) is 0 Å². The Morgan fingerprint density at radius 3 is 2.47 bits per heavy atom. The molecule has 0 aliphatic rings. The van der Waals surface area contributed by atoms with E-state index in [4.69, 9.17) is 0 Å². The Bertz CT molecular complexity index is 503. The molecule has 4 heteroatoms. The molecule has 0 aliphatic heterocycles. The molecule has 0 saturated carbocycles. The quantitative estimate of drug-likeness (QED) is 0.867. The molecule has 2 rings (SSSR count). The molecule has 19 heavy (non-hydrogen) atoms. The number of aromatic hydroxyl groups is 1. The zero-order valence-corrected chi connectivity index (χ0v) is 11.6. The van der Waals surface area contributed by atoms with Crippen molar-refractivity contribution in [3.8, 4) is 17.0 Å². The van der Waals surface area contributed by atoms with Gasteiger partial charge in [0, 0.05) is 12.7 Å². The molecule has 4 nitrogen and oxygen atoms in total. The van der Waals surface area contributed by atoms with E-state index in [0.717, 1.165) is 37.3 Å². The first-order chi connectivity index (χ1) is 9.24. The van der Waals surface area contributed by atoms with Gasteiger partial charge in [-0.05, 0) is 18.7 Å². The highest BCUT2D eigenvalue weighted by Crippen LogP contribution is 2.27. The van der Waals surface area contributed by atoms with Gasteiger partial charge in [-0.2, -0.15) is 0 Å². The van der Waals surface area contributed by atoms with Gasteiger partial charge >= 0.3 is 0 Å². The van der Waals surface area contributed by atoms with E-state index in [9.17, 15) is 5.11 Å². The Labute approximate surface area is 114 Å². The minimum absolute atomic E-state index is 0.103. The highest BCUT2D eigenvalue weighted by atomic mass is 16.3. The predicted octanol–water partition coefficient (Wildman–Crippen LogP) is 2.60. The van der Waals surface area contributed by atoms with E-state index in [0.29, 0.717) is 0 Å². The summed E-state index contributed by atoms with van der Waals surface area (Å²) < 4.78 is 1.82. The molecule has 0 amide bonds. The molecule has 0 atom stereocenters. The van der Waals surface area contributed by atoms with Crippen molar-refractivity contribution in [3.63, 3.8) is 0 Å². The minimum Gasteiger partial charge on any atom is -0.492 e. The standard InChI is InChI=1S/C15H21N3O/c1-3-17(4-2)10-11-18-12-14(15(19)16-18)13-8-6-5-7-9-13/h5-9,12H,3-4,10-11H2,1-2H3,(H,16,19). The lowest BCUT2D eigenvalue weighted by Crippen LogP contribution is -2.27. The van der Waals surface area contributed by atoms with Gasteiger partial charge < -0.3 is 10.0 Å². The lowest BCUT2D eigenvalue weighted by atomic mass is 10.1. The van der Waals surface area contributed by atoms with Crippen LogP contribution in [0.3, 0.4) is 0 Å². The molecule has 0 saturated heterocycles. The summed E-state index contributed by atoms with van der Waals surface area (Å²) in [4.78, 5) is 2.33. The Morgan fingerprint density at radius 1 is 1.16 bits per heavy atom. The van der Waals surface area contributed by atoms with Crippen LogP contribution in [0.15, 0.2) is 36.5 Å². The third-order valence-electron chi connectivity index (χ3n) is 3.37. The summed E-state index contributed by atoms with van der Waals surface area (Å²) in [7, 11) is 0. The summed E-state index contributed by atoms with van der Waals surface area (Å²) in [5, 5.41) is 14.1. The topological polar surface area (TPSA) is 41.3 Å². The Balaban J connectivity index is 2.09. The van der Waals surface area contributed by atoms with Crippen molar-refractivity contribution in [2.45, 2.75) is 20.4 Å². The van der Waals surface area contributed by atoms with Gasteiger partial charge in [0.25, 0.3) is 0 Å². The molecule has 0 bridgehead atoms. The van der Waals surface area contributed by atoms with E-state index in [2.05, 4.69) is 23.8 Å². The van der Waals surface area contributed by atoms with Gasteiger partial charge in [-0.1, -0.05) is 44.2 Å². The molecule has 0 aliphatic carbocycles. The van der Waals surface area contributed by atoms with Gasteiger partial charge in [0.15, 0.2) is 0 Å². The van der Waals surface area contributed by atoms with Crippen LogP contribution < -0.4 is 0 Å². The van der Waals surface area contributed by atoms with Gasteiger partial charge in [-0.15, -0.1) is 5.10 Å². The number of aromatic nitrogens is 2. The summed E-state index contributed by atoms with van der Waals surface area (Å²) in [5.74, 6) is 0.103. The fourth-order valence-corrected chi connectivity index (χ4v) is 2.13. The Morgan fingerprint density at radius 2 is 1.84 bits per heavy atom. The first-order valence-corrected chi connectivity index (χ1v) is 6.78. The van der Waals surface area contributed by atoms with Crippen LogP contribution in [-0.2, 0) is 6.54 Å². The van der Waals surface area contributed by atoms with Crippen LogP contribution in [0.1, 0.15) is 13.8 Å². The number of likely N-dealkylation sites (N-methyl/N-ethyl adjacent to an activating group) is 1. The second kappa shape index (κ2) is 6.38. The van der Waals surface area contributed by atoms with Gasteiger partial charge in [-0.3, -0.25) is 4.68 Å². The highest BCUT2D eigenvalue weighted by molar-refractivity contribution is 5.67. The molecule has 0 spiro atoms. The molecular formula is C15H21N3O. The molecule has 102 valence electrons. The van der Waals surface area contributed by atoms with Crippen LogP contribution in [0.25, 0.3) is 11.1 Å². The maximum atomic E-state index is 9.92. The largest absolute Gasteiger partial charge is 0.492 e. The van der Waals surface area contributed by atoms with Crippen molar-refractivity contribution in [3.05, 3.63) is 36.5 Å². The summed E-state index contributed by atoms with van der Waals surface area (Å²) in [5.41, 5.74) is 1.79. The van der Waals surface area contributed by atoms with E-state index >= 15 is 0 Å². The maximum absolute atomic E-state index is 9.92. The van der Waals surface area contributed by atoms with Crippen molar-refractivity contribution >= 4 is 0 Å². The van der Waals surface area contributed by atoms with Crippen molar-refractivity contribution in [1.29, 1.82) is 0 Å². The van der Waals surface area contributed by atoms with Gasteiger partial charge in [-0.25, -0.2) is 0 Å². The monoisotopic (exact) mass is 259 g/mol. The van der Waals surface area contributed by atoms with Crippen molar-refractivity contribution in [1.82, 2.24) is 14.7 Å². The first kappa shape index (κ1) is 13.6. The third kappa shape index (κ3) is 3.35. The fourth-order valence-electron chi connectivity index (χ4n) is 2.13. The summed E-state index contributed by atoms with van der Waals surface area (Å²) in [6.07, 6.45) is 1.91. The van der Waals surface area contributed by atoms with E-state index < -0.39 is 0 Å². The van der Waals surface area contributed by atoms with Crippen LogP contribution in [0.4, 0.5) is 0 Å². The zero-order chi connectivity index (χ0) is 13.7. The number of benzene rings is 1. The third-order valence-corrected chi connectivity index (χ3v) is 3.37. The average Bonchev–Trinajstić information content (AvgIpc) is 2.82. The molecule has 1 aromatic carbocycles. The summed E-state index contributed by atoms with van der Waals surface area (Å²) in [6.45, 7) is 8.12. The average molecular weight is 259 g/mol. The number of hydrogen-bond acceptors (Lipinski definition) is 3. The van der Waals surface area contributed by atoms with Crippen LogP contribution in [0, 0.1) is 0 Å². The van der Waals surface area contributed by atoms with E-state index in [1.54, 1.807) is 0 Å². The molecule has 1 aromatic heterocycles. The Hall–Kier alpha value is -1.81. The molecule has 2 aromatic rings. The summed E-state index contributed by atoms with van der Waals surface area (Å²) >= 11 is 0. The second-order valence-electron chi connectivity index (χ2n) is 4.52. The van der Waals surface area contributed by atoms with Crippen molar-refractivity contribution in [2.75, 3.05) is 19.6 Å². The van der Waals surface area contributed by atoms with Gasteiger partial charge in [0.1, 0.15) is 0 Å². The molecular weight excluding hydrogens is 238 g/mol. The number of rotatable bonds is 6. The molecule has 1 N–H and O–H groups in total. The molecule has 1 heterocycles. The van der Waals surface area contributed by atoms with Crippen LogP contribution in [-0.4, -0.2) is 39.4 Å². The first-order valence-electron chi connectivity index (χ1n) is 6.78. The molecule has 0 fully saturated rings. The van der Waals surface area contributed by atoms with Gasteiger partial charge in [0.05, 0.1) is 12.1 Å². The van der Waals surface area contributed by atoms with Crippen molar-refractivity contribution in [2.24, 2.45) is 0 Å². The fraction of sp³-hybridized carbons (Fsp3) is 0.400. The second-order valence-corrected chi connectivity index (χ2v) is 4.52. The van der Waals surface area contributed by atoms with Crippen LogP contribution >= 0.6 is 0 Å². The lowest BCUT2D eigenvalue weighted by molar-refractivity contribution is 0.283. The Kier molecular flexibility index (Phi) is 4.58.